The van der Waals surface area contributed by atoms with Crippen LogP contribution in [0.5, 0.6) is 0 Å². The van der Waals surface area contributed by atoms with Crippen LogP contribution in [0.3, 0.4) is 0 Å². The summed E-state index contributed by atoms with van der Waals surface area (Å²) in [6.45, 7) is 4.18. The van der Waals surface area contributed by atoms with Gasteiger partial charge in [0.15, 0.2) is 0 Å². The van der Waals surface area contributed by atoms with Crippen molar-refractivity contribution in [3.8, 4) is 0 Å². The van der Waals surface area contributed by atoms with E-state index in [-0.39, 0.29) is 11.8 Å². The first-order chi connectivity index (χ1) is 6.20. The topological polar surface area (TPSA) is 64.3 Å². The van der Waals surface area contributed by atoms with E-state index >= 15 is 0 Å². The lowest BCUT2D eigenvalue weighted by molar-refractivity contribution is -0.121. The minimum absolute atomic E-state index is 0.0959. The average molecular weight is 186 g/mol. The van der Waals surface area contributed by atoms with Gasteiger partial charge in [-0.1, -0.05) is 6.92 Å². The Kier molecular flexibility index (Phi) is 4.18. The van der Waals surface area contributed by atoms with Crippen LogP contribution in [0.1, 0.15) is 19.8 Å². The third-order valence-corrected chi connectivity index (χ3v) is 2.33. The minimum atomic E-state index is -0.250. The van der Waals surface area contributed by atoms with Crippen molar-refractivity contribution in [1.29, 1.82) is 0 Å². The molecule has 0 aromatic heterocycles. The predicted molar refractivity (Wildman–Crippen MR) is 50.2 cm³/mol. The molecule has 1 rings (SSSR count). The van der Waals surface area contributed by atoms with Crippen molar-refractivity contribution in [2.45, 2.75) is 25.9 Å². The Hall–Kier alpha value is -0.610. The highest BCUT2D eigenvalue weighted by Crippen LogP contribution is 2.10. The van der Waals surface area contributed by atoms with Crippen molar-refractivity contribution in [3.05, 3.63) is 0 Å². The third-order valence-electron chi connectivity index (χ3n) is 2.33. The zero-order valence-corrected chi connectivity index (χ0v) is 8.08. The van der Waals surface area contributed by atoms with Gasteiger partial charge in [0.05, 0.1) is 6.10 Å². The maximum absolute atomic E-state index is 10.7. The number of carbonyl (C=O) groups excluding carboxylic acids is 1. The van der Waals surface area contributed by atoms with Crippen molar-refractivity contribution in [2.24, 2.45) is 11.7 Å². The van der Waals surface area contributed by atoms with Crippen LogP contribution in [-0.4, -0.2) is 31.7 Å². The molecule has 0 aromatic rings. The number of nitrogens with two attached hydrogens (primary N) is 1. The molecule has 4 heteroatoms. The molecule has 1 fully saturated rings. The molecular formula is C9H18N2O2. The molecule has 2 atom stereocenters. The molecule has 76 valence electrons. The second-order valence-electron chi connectivity index (χ2n) is 3.60. The second-order valence-corrected chi connectivity index (χ2v) is 3.60. The summed E-state index contributed by atoms with van der Waals surface area (Å²) < 4.78 is 5.42. The number of hydrogen-bond donors (Lipinski definition) is 2. The van der Waals surface area contributed by atoms with E-state index in [0.717, 1.165) is 26.0 Å². The largest absolute Gasteiger partial charge is 0.377 e. The van der Waals surface area contributed by atoms with Gasteiger partial charge < -0.3 is 15.8 Å². The molecule has 1 aliphatic heterocycles. The Morgan fingerprint density at radius 2 is 2.54 bits per heavy atom. The average Bonchev–Trinajstić information content (AvgIpc) is 2.56. The van der Waals surface area contributed by atoms with E-state index in [9.17, 15) is 4.79 Å². The van der Waals surface area contributed by atoms with E-state index in [4.69, 9.17) is 10.5 Å². The first-order valence-electron chi connectivity index (χ1n) is 4.82. The van der Waals surface area contributed by atoms with Gasteiger partial charge in [-0.2, -0.15) is 0 Å². The number of carbonyl (C=O) groups is 1. The highest BCUT2D eigenvalue weighted by molar-refractivity contribution is 5.76. The summed E-state index contributed by atoms with van der Waals surface area (Å²) in [4.78, 5) is 10.7. The highest BCUT2D eigenvalue weighted by Gasteiger charge is 2.15. The smallest absolute Gasteiger partial charge is 0.221 e. The standard InChI is InChI=1S/C9H18N2O2/c1-7(9(10)12)5-11-6-8-3-2-4-13-8/h7-8,11H,2-6H2,1H3,(H2,10,12). The summed E-state index contributed by atoms with van der Waals surface area (Å²) >= 11 is 0. The fourth-order valence-corrected chi connectivity index (χ4v) is 1.37. The molecule has 1 heterocycles. The van der Waals surface area contributed by atoms with Gasteiger partial charge in [0.2, 0.25) is 5.91 Å². The van der Waals surface area contributed by atoms with E-state index in [1.165, 1.54) is 0 Å². The lowest BCUT2D eigenvalue weighted by Crippen LogP contribution is -2.34. The summed E-state index contributed by atoms with van der Waals surface area (Å²) in [5.41, 5.74) is 5.12. The normalized spacial score (nSPS) is 24.5. The van der Waals surface area contributed by atoms with Crippen molar-refractivity contribution in [2.75, 3.05) is 19.7 Å². The summed E-state index contributed by atoms with van der Waals surface area (Å²) in [5.74, 6) is -0.346. The minimum Gasteiger partial charge on any atom is -0.377 e. The van der Waals surface area contributed by atoms with Crippen LogP contribution in [-0.2, 0) is 9.53 Å². The predicted octanol–water partition coefficient (Wildman–Crippen LogP) is -0.124. The fourth-order valence-electron chi connectivity index (χ4n) is 1.37. The van der Waals surface area contributed by atoms with Crippen LogP contribution in [0.2, 0.25) is 0 Å². The summed E-state index contributed by atoms with van der Waals surface area (Å²) in [5, 5.41) is 3.18. The van der Waals surface area contributed by atoms with Crippen LogP contribution in [0, 0.1) is 5.92 Å². The Balaban J connectivity index is 2.02. The number of rotatable bonds is 5. The Bertz CT molecular complexity index is 167. The zero-order valence-electron chi connectivity index (χ0n) is 8.08. The molecule has 0 aliphatic carbocycles. The van der Waals surface area contributed by atoms with E-state index in [1.54, 1.807) is 0 Å². The molecular weight excluding hydrogens is 168 g/mol. The molecule has 1 amide bonds. The molecule has 0 spiro atoms. The number of amides is 1. The van der Waals surface area contributed by atoms with Crippen molar-refractivity contribution in [3.63, 3.8) is 0 Å². The van der Waals surface area contributed by atoms with Crippen LogP contribution in [0.4, 0.5) is 0 Å². The summed E-state index contributed by atoms with van der Waals surface area (Å²) in [7, 11) is 0. The molecule has 0 aromatic carbocycles. The molecule has 13 heavy (non-hydrogen) atoms. The Labute approximate surface area is 78.8 Å². The number of primary amides is 1. The molecule has 2 unspecified atom stereocenters. The molecule has 0 radical (unpaired) electrons. The van der Waals surface area contributed by atoms with Gasteiger partial charge in [-0.3, -0.25) is 4.79 Å². The number of ether oxygens (including phenoxy) is 1. The Morgan fingerprint density at radius 1 is 1.77 bits per heavy atom. The monoisotopic (exact) mass is 186 g/mol. The van der Waals surface area contributed by atoms with E-state index in [0.29, 0.717) is 12.6 Å². The van der Waals surface area contributed by atoms with Gasteiger partial charge in [-0.05, 0) is 12.8 Å². The first kappa shape index (κ1) is 10.5. The molecule has 1 saturated heterocycles. The first-order valence-corrected chi connectivity index (χ1v) is 4.82. The van der Waals surface area contributed by atoms with Gasteiger partial charge >= 0.3 is 0 Å². The maximum Gasteiger partial charge on any atom is 0.221 e. The molecule has 0 saturated carbocycles. The van der Waals surface area contributed by atoms with Gasteiger partial charge in [-0.15, -0.1) is 0 Å². The molecule has 4 nitrogen and oxygen atoms in total. The highest BCUT2D eigenvalue weighted by atomic mass is 16.5. The van der Waals surface area contributed by atoms with Crippen molar-refractivity contribution in [1.82, 2.24) is 5.32 Å². The van der Waals surface area contributed by atoms with Crippen LogP contribution in [0.25, 0.3) is 0 Å². The van der Waals surface area contributed by atoms with Gasteiger partial charge in [-0.25, -0.2) is 0 Å². The third kappa shape index (κ3) is 3.74. The van der Waals surface area contributed by atoms with E-state index < -0.39 is 0 Å². The van der Waals surface area contributed by atoms with E-state index in [2.05, 4.69) is 5.32 Å². The number of hydrogen-bond acceptors (Lipinski definition) is 3. The van der Waals surface area contributed by atoms with Crippen LogP contribution < -0.4 is 11.1 Å². The fraction of sp³-hybridized carbons (Fsp3) is 0.889. The van der Waals surface area contributed by atoms with Crippen LogP contribution in [0.15, 0.2) is 0 Å². The van der Waals surface area contributed by atoms with Crippen molar-refractivity contribution >= 4 is 5.91 Å². The Morgan fingerprint density at radius 3 is 3.08 bits per heavy atom. The zero-order chi connectivity index (χ0) is 9.68. The quantitative estimate of drug-likeness (QED) is 0.629. The summed E-state index contributed by atoms with van der Waals surface area (Å²) in [6, 6.07) is 0. The van der Waals surface area contributed by atoms with Gasteiger partial charge in [0.25, 0.3) is 0 Å². The van der Waals surface area contributed by atoms with Gasteiger partial charge in [0, 0.05) is 25.6 Å². The number of nitrogens with one attached hydrogen (secondary N) is 1. The van der Waals surface area contributed by atoms with Gasteiger partial charge in [0.1, 0.15) is 0 Å². The molecule has 0 bridgehead atoms. The lowest BCUT2D eigenvalue weighted by atomic mass is 10.1. The lowest BCUT2D eigenvalue weighted by Gasteiger charge is -2.12. The van der Waals surface area contributed by atoms with Crippen molar-refractivity contribution < 1.29 is 9.53 Å². The van der Waals surface area contributed by atoms with E-state index in [1.807, 2.05) is 6.92 Å². The molecule has 3 N–H and O–H groups in total. The second kappa shape index (κ2) is 5.19. The maximum atomic E-state index is 10.7. The van der Waals surface area contributed by atoms with Crippen LogP contribution >= 0.6 is 0 Å². The SMILES string of the molecule is CC(CNCC1CCCO1)C(N)=O. The molecule has 1 aliphatic rings. The summed E-state index contributed by atoms with van der Waals surface area (Å²) in [6.07, 6.45) is 2.61.